The molecule has 0 spiro atoms. The molecule has 0 saturated carbocycles. The largest absolute Gasteiger partial charge is 0.354 e. The van der Waals surface area contributed by atoms with Crippen molar-refractivity contribution in [2.45, 2.75) is 0 Å². The Morgan fingerprint density at radius 1 is 1.23 bits per heavy atom. The predicted molar refractivity (Wildman–Crippen MR) is 100 cm³/mol. The first-order valence-corrected chi connectivity index (χ1v) is 8.53. The number of carbonyl (C=O) groups excluding carboxylic acids is 1. The molecule has 0 radical (unpaired) electrons. The third-order valence-electron chi connectivity index (χ3n) is 3.62. The highest BCUT2D eigenvalue weighted by atomic mass is 32.1. The molecule has 0 bridgehead atoms. The number of rotatable bonds is 3. The monoisotopic (exact) mass is 362 g/mol. The smallest absolute Gasteiger partial charge is 0.273 e. The Bertz CT molecular complexity index is 1160. The van der Waals surface area contributed by atoms with Crippen LogP contribution >= 0.6 is 11.3 Å². The summed E-state index contributed by atoms with van der Waals surface area (Å²) in [5.41, 5.74) is 1.01. The molecule has 0 aliphatic carbocycles. The summed E-state index contributed by atoms with van der Waals surface area (Å²) in [5.74, 6) is -0.533. The zero-order chi connectivity index (χ0) is 18.5. The lowest BCUT2D eigenvalue weighted by Crippen LogP contribution is -2.33. The van der Waals surface area contributed by atoms with Crippen LogP contribution in [0, 0.1) is 11.3 Å². The Hall–Kier alpha value is -3.50. The number of aromatic nitrogens is 2. The molecular weight excluding hydrogens is 348 g/mol. The molecule has 7 heteroatoms. The lowest BCUT2D eigenvalue weighted by Gasteiger charge is -2.02. The minimum atomic E-state index is -0.533. The number of pyridine rings is 1. The summed E-state index contributed by atoms with van der Waals surface area (Å²) in [4.78, 5) is 29.1. The van der Waals surface area contributed by atoms with E-state index >= 15 is 0 Å². The van der Waals surface area contributed by atoms with Gasteiger partial charge in [-0.15, -0.1) is 11.3 Å². The van der Waals surface area contributed by atoms with Crippen LogP contribution in [0.4, 0.5) is 0 Å². The van der Waals surface area contributed by atoms with Crippen molar-refractivity contribution in [3.63, 3.8) is 0 Å². The summed E-state index contributed by atoms with van der Waals surface area (Å²) in [6.07, 6.45) is 4.98. The fourth-order valence-electron chi connectivity index (χ4n) is 2.39. The van der Waals surface area contributed by atoms with Crippen LogP contribution in [0.1, 0.15) is 5.56 Å². The number of amides is 1. The summed E-state index contributed by atoms with van der Waals surface area (Å²) in [6.45, 7) is 0. The van der Waals surface area contributed by atoms with Crippen LogP contribution in [0.15, 0.2) is 59.7 Å². The maximum absolute atomic E-state index is 13.0. The van der Waals surface area contributed by atoms with Crippen LogP contribution in [0.3, 0.4) is 0 Å². The van der Waals surface area contributed by atoms with Crippen LogP contribution in [-0.2, 0) is 4.79 Å². The Morgan fingerprint density at radius 2 is 1.92 bits per heavy atom. The van der Waals surface area contributed by atoms with Crippen molar-refractivity contribution in [2.75, 3.05) is 7.05 Å². The molecule has 0 fully saturated rings. The van der Waals surface area contributed by atoms with E-state index in [4.69, 9.17) is 0 Å². The minimum Gasteiger partial charge on any atom is -0.354 e. The Balaban J connectivity index is 2.42. The lowest BCUT2D eigenvalue weighted by atomic mass is 10.2. The number of carbonyl (C=O) groups is 1. The van der Waals surface area contributed by atoms with Gasteiger partial charge in [0.2, 0.25) is 0 Å². The van der Waals surface area contributed by atoms with Crippen molar-refractivity contribution < 1.29 is 4.79 Å². The summed E-state index contributed by atoms with van der Waals surface area (Å²) in [7, 11) is 1.45. The number of para-hydroxylation sites is 1. The number of hydrogen-bond acceptors (Lipinski definition) is 5. The maximum Gasteiger partial charge on any atom is 0.273 e. The number of benzene rings is 1. The van der Waals surface area contributed by atoms with Gasteiger partial charge in [-0.05, 0) is 35.9 Å². The third-order valence-corrected chi connectivity index (χ3v) is 4.71. The van der Waals surface area contributed by atoms with E-state index in [0.29, 0.717) is 14.9 Å². The zero-order valence-corrected chi connectivity index (χ0v) is 14.7. The first kappa shape index (κ1) is 17.3. The highest BCUT2D eigenvalue weighted by Crippen LogP contribution is 2.03. The van der Waals surface area contributed by atoms with Gasteiger partial charge in [0, 0.05) is 19.4 Å². The fraction of sp³-hybridized carbons (Fsp3) is 0.0526. The molecule has 2 aromatic heterocycles. The van der Waals surface area contributed by atoms with E-state index in [9.17, 15) is 14.9 Å². The quantitative estimate of drug-likeness (QED) is 0.737. The standard InChI is InChI=1S/C19H14N4O2S/c1-21-17(24)15(12-20)19-23(14-5-3-2-4-6-14)18(25)16(26-19)11-13-7-9-22-10-8-13/h2-11H,1H3,(H,21,24)/b16-11+,19-15-. The molecule has 3 aromatic rings. The molecule has 1 N–H and O–H groups in total. The highest BCUT2D eigenvalue weighted by molar-refractivity contribution is 7.07. The predicted octanol–water partition coefficient (Wildman–Crippen LogP) is 0.543. The summed E-state index contributed by atoms with van der Waals surface area (Å²) in [5, 5.41) is 11.9. The lowest BCUT2D eigenvalue weighted by molar-refractivity contribution is -0.115. The van der Waals surface area contributed by atoms with Gasteiger partial charge in [0.25, 0.3) is 11.5 Å². The molecule has 1 amide bonds. The number of nitrogens with one attached hydrogen (secondary N) is 1. The van der Waals surface area contributed by atoms with Crippen molar-refractivity contribution >= 4 is 28.9 Å². The molecule has 0 atom stereocenters. The molecule has 0 unspecified atom stereocenters. The SMILES string of the molecule is CNC(=O)/C(C#N)=c1\s/c(=C/c2ccncc2)c(=O)n1-c1ccccc1. The average Bonchev–Trinajstić information content (AvgIpc) is 2.99. The second-order valence-corrected chi connectivity index (χ2v) is 6.27. The molecule has 128 valence electrons. The molecule has 0 aliphatic rings. The van der Waals surface area contributed by atoms with Gasteiger partial charge < -0.3 is 5.32 Å². The topological polar surface area (TPSA) is 87.8 Å². The Morgan fingerprint density at radius 3 is 2.54 bits per heavy atom. The number of hydrogen-bond donors (Lipinski definition) is 1. The third kappa shape index (κ3) is 3.31. The van der Waals surface area contributed by atoms with Crippen LogP contribution in [0.5, 0.6) is 0 Å². The van der Waals surface area contributed by atoms with Crippen LogP contribution in [0.25, 0.3) is 17.3 Å². The summed E-state index contributed by atoms with van der Waals surface area (Å²) >= 11 is 1.11. The first-order chi connectivity index (χ1) is 12.7. The molecule has 2 heterocycles. The fourth-order valence-corrected chi connectivity index (χ4v) is 3.50. The van der Waals surface area contributed by atoms with Crippen molar-refractivity contribution in [2.24, 2.45) is 0 Å². The Labute approximate surface area is 153 Å². The van der Waals surface area contributed by atoms with Crippen molar-refractivity contribution in [3.8, 4) is 11.8 Å². The molecule has 26 heavy (non-hydrogen) atoms. The molecular formula is C19H14N4O2S. The number of nitriles is 1. The average molecular weight is 362 g/mol. The van der Waals surface area contributed by atoms with Gasteiger partial charge in [0.05, 0.1) is 10.2 Å². The second-order valence-electron chi connectivity index (χ2n) is 5.24. The molecule has 6 nitrogen and oxygen atoms in total. The van der Waals surface area contributed by atoms with Crippen LogP contribution in [0.2, 0.25) is 0 Å². The van der Waals surface area contributed by atoms with Crippen molar-refractivity contribution in [1.82, 2.24) is 14.9 Å². The van der Waals surface area contributed by atoms with Gasteiger partial charge in [-0.1, -0.05) is 18.2 Å². The molecule has 0 saturated heterocycles. The van der Waals surface area contributed by atoms with Gasteiger partial charge >= 0.3 is 0 Å². The van der Waals surface area contributed by atoms with Crippen LogP contribution < -0.4 is 20.1 Å². The van der Waals surface area contributed by atoms with Crippen molar-refractivity contribution in [3.05, 3.63) is 80.0 Å². The van der Waals surface area contributed by atoms with Crippen molar-refractivity contribution in [1.29, 1.82) is 5.26 Å². The van der Waals surface area contributed by atoms with Crippen LogP contribution in [-0.4, -0.2) is 22.5 Å². The number of thiazole rings is 1. The van der Waals surface area contributed by atoms with Gasteiger partial charge in [-0.25, -0.2) is 0 Å². The summed E-state index contributed by atoms with van der Waals surface area (Å²) < 4.78 is 2.11. The normalized spacial score (nSPS) is 12.4. The zero-order valence-electron chi connectivity index (χ0n) is 13.8. The van der Waals surface area contributed by atoms with Gasteiger partial charge in [-0.2, -0.15) is 5.26 Å². The van der Waals surface area contributed by atoms with E-state index < -0.39 is 5.91 Å². The minimum absolute atomic E-state index is 0.104. The second kappa shape index (κ2) is 7.59. The first-order valence-electron chi connectivity index (χ1n) is 7.71. The van der Waals surface area contributed by atoms with E-state index in [0.717, 1.165) is 16.9 Å². The maximum atomic E-state index is 13.0. The van der Waals surface area contributed by atoms with E-state index in [-0.39, 0.29) is 11.1 Å². The van der Waals surface area contributed by atoms with E-state index in [1.807, 2.05) is 12.1 Å². The number of nitrogens with zero attached hydrogens (tertiary/aromatic N) is 3. The Kier molecular flexibility index (Phi) is 5.06. The molecule has 0 aliphatic heterocycles. The van der Waals surface area contributed by atoms with E-state index in [2.05, 4.69) is 10.3 Å². The van der Waals surface area contributed by atoms with E-state index in [1.54, 1.807) is 54.9 Å². The van der Waals surface area contributed by atoms with Gasteiger partial charge in [0.15, 0.2) is 5.57 Å². The van der Waals surface area contributed by atoms with Gasteiger partial charge in [0.1, 0.15) is 10.7 Å². The van der Waals surface area contributed by atoms with E-state index in [1.165, 1.54) is 11.6 Å². The molecule has 3 rings (SSSR count). The highest BCUT2D eigenvalue weighted by Gasteiger charge is 2.15. The van der Waals surface area contributed by atoms with Gasteiger partial charge in [-0.3, -0.25) is 19.1 Å². The summed E-state index contributed by atoms with van der Waals surface area (Å²) in [6, 6.07) is 14.4. The molecule has 1 aromatic carbocycles.